The van der Waals surface area contributed by atoms with Crippen LogP contribution in [-0.4, -0.2) is 18.4 Å². The normalized spacial score (nSPS) is 11.2. The quantitative estimate of drug-likeness (QED) is 0.612. The van der Waals surface area contributed by atoms with E-state index in [-0.39, 0.29) is 17.2 Å². The lowest BCUT2D eigenvalue weighted by Gasteiger charge is -2.22. The number of rotatable bonds is 7. The second-order valence-electron chi connectivity index (χ2n) is 4.61. The van der Waals surface area contributed by atoms with Gasteiger partial charge in [0.1, 0.15) is 5.78 Å². The van der Waals surface area contributed by atoms with Crippen molar-refractivity contribution in [3.8, 4) is 0 Å². The Morgan fingerprint density at radius 1 is 1.13 bits per heavy atom. The smallest absolute Gasteiger partial charge is 0.306 e. The van der Waals surface area contributed by atoms with Crippen LogP contribution < -0.4 is 0 Å². The van der Waals surface area contributed by atoms with Gasteiger partial charge in [0.05, 0.1) is 13.0 Å². The summed E-state index contributed by atoms with van der Waals surface area (Å²) in [6.45, 7) is 8.02. The summed E-state index contributed by atoms with van der Waals surface area (Å²) in [5.74, 6) is 0.0126. The number of carbonyl (C=O) groups excluding carboxylic acids is 2. The Labute approximate surface area is 92.2 Å². The zero-order chi connectivity index (χ0) is 11.9. The minimum Gasteiger partial charge on any atom is -0.466 e. The van der Waals surface area contributed by atoms with Crippen LogP contribution in [0, 0.1) is 5.41 Å². The molecular formula is C12H22O3. The Kier molecular flexibility index (Phi) is 6.21. The predicted octanol–water partition coefficient (Wildman–Crippen LogP) is 2.73. The summed E-state index contributed by atoms with van der Waals surface area (Å²) < 4.78 is 4.87. The molecule has 0 heterocycles. The average Bonchev–Trinajstić information content (AvgIpc) is 2.01. The van der Waals surface area contributed by atoms with Crippen LogP contribution >= 0.6 is 0 Å². The highest BCUT2D eigenvalue weighted by molar-refractivity contribution is 5.80. The number of carbonyl (C=O) groups is 2. The predicted molar refractivity (Wildman–Crippen MR) is 59.6 cm³/mol. The Hall–Kier alpha value is -0.860. The molecule has 3 nitrogen and oxygen atoms in total. The molecule has 0 aromatic heterocycles. The highest BCUT2D eigenvalue weighted by Gasteiger charge is 2.25. The van der Waals surface area contributed by atoms with Gasteiger partial charge in [0.15, 0.2) is 0 Å². The largest absolute Gasteiger partial charge is 0.466 e. The van der Waals surface area contributed by atoms with Crippen molar-refractivity contribution in [2.24, 2.45) is 5.41 Å². The molecule has 0 aliphatic rings. The number of hydrogen-bond donors (Lipinski definition) is 0. The molecule has 0 bridgehead atoms. The number of hydrogen-bond acceptors (Lipinski definition) is 3. The Morgan fingerprint density at radius 2 is 1.73 bits per heavy atom. The minimum absolute atomic E-state index is 0.216. The third kappa shape index (κ3) is 7.11. The molecule has 0 N–H and O–H groups in total. The van der Waals surface area contributed by atoms with Crippen molar-refractivity contribution in [3.05, 3.63) is 0 Å². The third-order valence-electron chi connectivity index (χ3n) is 2.13. The minimum atomic E-state index is -0.279. The topological polar surface area (TPSA) is 43.4 Å². The molecule has 0 saturated carbocycles. The molecule has 0 spiro atoms. The molecule has 0 saturated heterocycles. The van der Waals surface area contributed by atoms with Crippen molar-refractivity contribution in [3.63, 3.8) is 0 Å². The molecule has 0 radical (unpaired) electrons. The van der Waals surface area contributed by atoms with Gasteiger partial charge in [-0.1, -0.05) is 20.8 Å². The summed E-state index contributed by atoms with van der Waals surface area (Å²) in [7, 11) is 0. The molecule has 0 aromatic carbocycles. The maximum absolute atomic E-state index is 11.4. The Morgan fingerprint density at radius 3 is 2.20 bits per heavy atom. The van der Waals surface area contributed by atoms with Crippen LogP contribution in [0.15, 0.2) is 0 Å². The van der Waals surface area contributed by atoms with E-state index in [1.165, 1.54) is 0 Å². The molecule has 0 rings (SSSR count). The van der Waals surface area contributed by atoms with Gasteiger partial charge in [0.25, 0.3) is 0 Å². The Balaban J connectivity index is 4.05. The van der Waals surface area contributed by atoms with Gasteiger partial charge >= 0.3 is 5.97 Å². The fourth-order valence-corrected chi connectivity index (χ4v) is 1.57. The fourth-order valence-electron chi connectivity index (χ4n) is 1.57. The average molecular weight is 214 g/mol. The number of ketones is 1. The third-order valence-corrected chi connectivity index (χ3v) is 2.13. The molecule has 88 valence electrons. The summed E-state index contributed by atoms with van der Waals surface area (Å²) in [5.41, 5.74) is -0.279. The molecule has 0 fully saturated rings. The van der Waals surface area contributed by atoms with E-state index >= 15 is 0 Å². The SMILES string of the molecule is CCCC(=O)CC(C)(C)CC(=O)OCC. The lowest BCUT2D eigenvalue weighted by atomic mass is 9.83. The number of esters is 1. The van der Waals surface area contributed by atoms with E-state index in [9.17, 15) is 9.59 Å². The maximum atomic E-state index is 11.4. The van der Waals surface area contributed by atoms with Crippen LogP contribution in [0.3, 0.4) is 0 Å². The molecule has 0 aliphatic heterocycles. The van der Waals surface area contributed by atoms with Gasteiger partial charge in [-0.05, 0) is 18.8 Å². The number of Topliss-reactive ketones (excluding diaryl/α,β-unsaturated/α-hetero) is 1. The Bertz CT molecular complexity index is 197. The van der Waals surface area contributed by atoms with Crippen LogP contribution in [0.2, 0.25) is 0 Å². The van der Waals surface area contributed by atoms with E-state index in [0.29, 0.717) is 25.9 Å². The zero-order valence-corrected chi connectivity index (χ0v) is 10.3. The second-order valence-corrected chi connectivity index (χ2v) is 4.61. The summed E-state index contributed by atoms with van der Waals surface area (Å²) >= 11 is 0. The van der Waals surface area contributed by atoms with E-state index in [1.807, 2.05) is 20.8 Å². The standard InChI is InChI=1S/C12H22O3/c1-5-7-10(13)8-12(3,4)9-11(14)15-6-2/h5-9H2,1-4H3. The molecular weight excluding hydrogens is 192 g/mol. The van der Waals surface area contributed by atoms with Gasteiger partial charge in [0.2, 0.25) is 0 Å². The monoisotopic (exact) mass is 214 g/mol. The maximum Gasteiger partial charge on any atom is 0.306 e. The first-order chi connectivity index (χ1) is 6.91. The lowest BCUT2D eigenvalue weighted by molar-refractivity contribution is -0.145. The van der Waals surface area contributed by atoms with Gasteiger partial charge in [-0.2, -0.15) is 0 Å². The van der Waals surface area contributed by atoms with Gasteiger partial charge in [-0.25, -0.2) is 0 Å². The summed E-state index contributed by atoms with van der Waals surface area (Å²) in [6.07, 6.45) is 2.25. The molecule has 0 amide bonds. The van der Waals surface area contributed by atoms with Crippen molar-refractivity contribution >= 4 is 11.8 Å². The summed E-state index contributed by atoms with van der Waals surface area (Å²) in [5, 5.41) is 0. The summed E-state index contributed by atoms with van der Waals surface area (Å²) in [4.78, 5) is 22.7. The van der Waals surface area contributed by atoms with Gasteiger partial charge < -0.3 is 4.74 Å². The van der Waals surface area contributed by atoms with Crippen LogP contribution in [0.5, 0.6) is 0 Å². The van der Waals surface area contributed by atoms with Gasteiger partial charge in [0, 0.05) is 12.8 Å². The fraction of sp³-hybridized carbons (Fsp3) is 0.833. The zero-order valence-electron chi connectivity index (χ0n) is 10.3. The molecule has 0 atom stereocenters. The van der Waals surface area contributed by atoms with Crippen molar-refractivity contribution < 1.29 is 14.3 Å². The first-order valence-corrected chi connectivity index (χ1v) is 5.58. The highest BCUT2D eigenvalue weighted by Crippen LogP contribution is 2.26. The van der Waals surface area contributed by atoms with Crippen molar-refractivity contribution in [2.75, 3.05) is 6.61 Å². The second kappa shape index (κ2) is 6.59. The van der Waals surface area contributed by atoms with Crippen LogP contribution in [-0.2, 0) is 14.3 Å². The van der Waals surface area contributed by atoms with E-state index in [4.69, 9.17) is 4.74 Å². The van der Waals surface area contributed by atoms with Crippen LogP contribution in [0.25, 0.3) is 0 Å². The van der Waals surface area contributed by atoms with Crippen molar-refractivity contribution in [1.29, 1.82) is 0 Å². The number of ether oxygens (including phenoxy) is 1. The van der Waals surface area contributed by atoms with Gasteiger partial charge in [-0.3, -0.25) is 9.59 Å². The highest BCUT2D eigenvalue weighted by atomic mass is 16.5. The van der Waals surface area contributed by atoms with Crippen molar-refractivity contribution in [2.45, 2.75) is 53.4 Å². The molecule has 0 unspecified atom stereocenters. The molecule has 3 heteroatoms. The molecule has 15 heavy (non-hydrogen) atoms. The van der Waals surface area contributed by atoms with E-state index < -0.39 is 0 Å². The van der Waals surface area contributed by atoms with E-state index in [0.717, 1.165) is 6.42 Å². The first kappa shape index (κ1) is 14.1. The first-order valence-electron chi connectivity index (χ1n) is 5.58. The molecule has 0 aliphatic carbocycles. The van der Waals surface area contributed by atoms with Gasteiger partial charge in [-0.15, -0.1) is 0 Å². The van der Waals surface area contributed by atoms with E-state index in [2.05, 4.69) is 0 Å². The van der Waals surface area contributed by atoms with Crippen molar-refractivity contribution in [1.82, 2.24) is 0 Å². The molecule has 0 aromatic rings. The lowest BCUT2D eigenvalue weighted by Crippen LogP contribution is -2.22. The van der Waals surface area contributed by atoms with Crippen LogP contribution in [0.1, 0.15) is 53.4 Å². The summed E-state index contributed by atoms with van der Waals surface area (Å²) in [6, 6.07) is 0. The van der Waals surface area contributed by atoms with E-state index in [1.54, 1.807) is 6.92 Å². The van der Waals surface area contributed by atoms with Crippen LogP contribution in [0.4, 0.5) is 0 Å².